The highest BCUT2D eigenvalue weighted by Gasteiger charge is 2.33. The molecule has 0 spiro atoms. The average molecular weight is 274 g/mol. The van der Waals surface area contributed by atoms with Crippen molar-refractivity contribution < 1.29 is 5.11 Å². The van der Waals surface area contributed by atoms with Crippen LogP contribution in [0.15, 0.2) is 30.3 Å². The van der Waals surface area contributed by atoms with Crippen LogP contribution in [0.4, 0.5) is 0 Å². The number of nitrogens with zero attached hydrogens (tertiary/aromatic N) is 2. The molecule has 110 valence electrons. The summed E-state index contributed by atoms with van der Waals surface area (Å²) in [6.07, 6.45) is 5.27. The second-order valence-corrected chi connectivity index (χ2v) is 6.20. The van der Waals surface area contributed by atoms with Crippen molar-refractivity contribution in [3.8, 4) is 0 Å². The summed E-state index contributed by atoms with van der Waals surface area (Å²) in [4.78, 5) is 5.13. The number of aliphatic hydroxyl groups is 1. The van der Waals surface area contributed by atoms with Crippen LogP contribution in [0.25, 0.3) is 0 Å². The third kappa shape index (κ3) is 3.60. The van der Waals surface area contributed by atoms with Gasteiger partial charge in [-0.3, -0.25) is 9.80 Å². The van der Waals surface area contributed by atoms with Gasteiger partial charge in [0.15, 0.2) is 0 Å². The molecule has 1 saturated carbocycles. The summed E-state index contributed by atoms with van der Waals surface area (Å²) < 4.78 is 0. The number of hydrogen-bond acceptors (Lipinski definition) is 3. The van der Waals surface area contributed by atoms with Crippen LogP contribution >= 0.6 is 0 Å². The molecule has 1 aliphatic heterocycles. The van der Waals surface area contributed by atoms with E-state index >= 15 is 0 Å². The van der Waals surface area contributed by atoms with Crippen LogP contribution in [0.3, 0.4) is 0 Å². The van der Waals surface area contributed by atoms with Crippen LogP contribution in [0.1, 0.15) is 31.2 Å². The molecule has 1 unspecified atom stereocenters. The monoisotopic (exact) mass is 274 g/mol. The van der Waals surface area contributed by atoms with Gasteiger partial charge in [0.1, 0.15) is 0 Å². The predicted molar refractivity (Wildman–Crippen MR) is 81.6 cm³/mol. The first kappa shape index (κ1) is 14.1. The summed E-state index contributed by atoms with van der Waals surface area (Å²) in [6, 6.07) is 12.2. The standard InChI is InChI=1S/C17H26N2O/c20-12-11-19(16-8-9-16)14-17-7-4-10-18(17)13-15-5-2-1-3-6-15/h1-3,5-6,16-17,20H,4,7-14H2. The first-order valence-corrected chi connectivity index (χ1v) is 7.99. The Morgan fingerprint density at radius 3 is 2.65 bits per heavy atom. The van der Waals surface area contributed by atoms with Crippen molar-refractivity contribution in [3.05, 3.63) is 35.9 Å². The molecule has 3 rings (SSSR count). The molecule has 1 aromatic rings. The molecule has 3 nitrogen and oxygen atoms in total. The fourth-order valence-corrected chi connectivity index (χ4v) is 3.39. The minimum Gasteiger partial charge on any atom is -0.395 e. The smallest absolute Gasteiger partial charge is 0.0558 e. The lowest BCUT2D eigenvalue weighted by Gasteiger charge is -2.30. The Balaban J connectivity index is 1.57. The summed E-state index contributed by atoms with van der Waals surface area (Å²) in [7, 11) is 0. The molecule has 1 heterocycles. The van der Waals surface area contributed by atoms with Gasteiger partial charge in [-0.05, 0) is 37.8 Å². The van der Waals surface area contributed by atoms with Crippen molar-refractivity contribution >= 4 is 0 Å². The fourth-order valence-electron chi connectivity index (χ4n) is 3.39. The molecule has 0 bridgehead atoms. The second-order valence-electron chi connectivity index (χ2n) is 6.20. The van der Waals surface area contributed by atoms with E-state index in [1.165, 1.54) is 37.8 Å². The molecule has 0 aromatic heterocycles. The van der Waals surface area contributed by atoms with Crippen LogP contribution < -0.4 is 0 Å². The molecule has 1 saturated heterocycles. The minimum atomic E-state index is 0.294. The topological polar surface area (TPSA) is 26.7 Å². The van der Waals surface area contributed by atoms with Crippen LogP contribution in [0, 0.1) is 0 Å². The number of rotatable bonds is 7. The molecule has 1 aliphatic carbocycles. The summed E-state index contributed by atoms with van der Waals surface area (Å²) in [5, 5.41) is 9.23. The molecular formula is C17H26N2O. The summed E-state index contributed by atoms with van der Waals surface area (Å²) in [5.41, 5.74) is 1.42. The molecule has 1 aromatic carbocycles. The highest BCUT2D eigenvalue weighted by atomic mass is 16.3. The van der Waals surface area contributed by atoms with E-state index in [4.69, 9.17) is 0 Å². The van der Waals surface area contributed by atoms with Gasteiger partial charge in [-0.1, -0.05) is 30.3 Å². The maximum absolute atomic E-state index is 9.23. The molecule has 1 N–H and O–H groups in total. The van der Waals surface area contributed by atoms with Crippen LogP contribution in [0.5, 0.6) is 0 Å². The van der Waals surface area contributed by atoms with Gasteiger partial charge in [0.25, 0.3) is 0 Å². The van der Waals surface area contributed by atoms with Crippen molar-refractivity contribution in [1.29, 1.82) is 0 Å². The third-order valence-electron chi connectivity index (χ3n) is 4.62. The van der Waals surface area contributed by atoms with Crippen LogP contribution in [-0.4, -0.2) is 53.2 Å². The maximum atomic E-state index is 9.23. The first-order chi connectivity index (χ1) is 9.86. The molecule has 20 heavy (non-hydrogen) atoms. The lowest BCUT2D eigenvalue weighted by molar-refractivity contribution is 0.137. The van der Waals surface area contributed by atoms with Gasteiger partial charge in [0, 0.05) is 31.7 Å². The predicted octanol–water partition coefficient (Wildman–Crippen LogP) is 2.11. The lowest BCUT2D eigenvalue weighted by Crippen LogP contribution is -2.42. The van der Waals surface area contributed by atoms with Gasteiger partial charge in [0.2, 0.25) is 0 Å². The number of hydrogen-bond donors (Lipinski definition) is 1. The van der Waals surface area contributed by atoms with Crippen LogP contribution in [0.2, 0.25) is 0 Å². The Labute approximate surface area is 122 Å². The molecule has 2 aliphatic rings. The molecule has 0 amide bonds. The molecular weight excluding hydrogens is 248 g/mol. The van der Waals surface area contributed by atoms with E-state index in [0.717, 1.165) is 25.7 Å². The van der Waals surface area contributed by atoms with Crippen molar-refractivity contribution in [3.63, 3.8) is 0 Å². The SMILES string of the molecule is OCCN(CC1CCCN1Cc1ccccc1)C1CC1. The Bertz CT molecular complexity index is 405. The quantitative estimate of drug-likeness (QED) is 0.825. The zero-order chi connectivity index (χ0) is 13.8. The number of likely N-dealkylation sites (tertiary alicyclic amines) is 1. The molecule has 0 radical (unpaired) electrons. The second kappa shape index (κ2) is 6.70. The minimum absolute atomic E-state index is 0.294. The van der Waals surface area contributed by atoms with E-state index in [1.807, 2.05) is 0 Å². The molecule has 3 heteroatoms. The van der Waals surface area contributed by atoms with Gasteiger partial charge < -0.3 is 5.11 Å². The van der Waals surface area contributed by atoms with Gasteiger partial charge in [-0.15, -0.1) is 0 Å². The zero-order valence-electron chi connectivity index (χ0n) is 12.2. The van der Waals surface area contributed by atoms with Crippen molar-refractivity contribution in [1.82, 2.24) is 9.80 Å². The Kier molecular flexibility index (Phi) is 4.71. The average Bonchev–Trinajstić information content (AvgIpc) is 3.23. The summed E-state index contributed by atoms with van der Waals surface area (Å²) in [5.74, 6) is 0. The lowest BCUT2D eigenvalue weighted by atomic mass is 10.1. The Hall–Kier alpha value is -0.900. The third-order valence-corrected chi connectivity index (χ3v) is 4.62. The Morgan fingerprint density at radius 1 is 1.15 bits per heavy atom. The van der Waals surface area contributed by atoms with E-state index in [0.29, 0.717) is 12.6 Å². The fraction of sp³-hybridized carbons (Fsp3) is 0.647. The number of aliphatic hydroxyl groups excluding tert-OH is 1. The van der Waals surface area contributed by atoms with Crippen LogP contribution in [-0.2, 0) is 6.54 Å². The molecule has 1 atom stereocenters. The van der Waals surface area contributed by atoms with E-state index in [1.54, 1.807) is 0 Å². The largest absolute Gasteiger partial charge is 0.395 e. The summed E-state index contributed by atoms with van der Waals surface area (Å²) >= 11 is 0. The van der Waals surface area contributed by atoms with E-state index in [-0.39, 0.29) is 0 Å². The van der Waals surface area contributed by atoms with Gasteiger partial charge in [0.05, 0.1) is 6.61 Å². The van der Waals surface area contributed by atoms with Gasteiger partial charge in [-0.2, -0.15) is 0 Å². The van der Waals surface area contributed by atoms with E-state index < -0.39 is 0 Å². The van der Waals surface area contributed by atoms with Crippen molar-refractivity contribution in [2.45, 2.75) is 44.3 Å². The number of benzene rings is 1. The zero-order valence-corrected chi connectivity index (χ0v) is 12.2. The maximum Gasteiger partial charge on any atom is 0.0558 e. The van der Waals surface area contributed by atoms with E-state index in [9.17, 15) is 5.11 Å². The van der Waals surface area contributed by atoms with E-state index in [2.05, 4.69) is 40.1 Å². The molecule has 2 fully saturated rings. The normalized spacial score (nSPS) is 23.6. The van der Waals surface area contributed by atoms with Gasteiger partial charge in [-0.25, -0.2) is 0 Å². The van der Waals surface area contributed by atoms with Crippen molar-refractivity contribution in [2.24, 2.45) is 0 Å². The first-order valence-electron chi connectivity index (χ1n) is 7.99. The highest BCUT2D eigenvalue weighted by molar-refractivity contribution is 5.14. The summed E-state index contributed by atoms with van der Waals surface area (Å²) in [6.45, 7) is 4.57. The Morgan fingerprint density at radius 2 is 1.95 bits per heavy atom. The highest BCUT2D eigenvalue weighted by Crippen LogP contribution is 2.29. The van der Waals surface area contributed by atoms with Gasteiger partial charge >= 0.3 is 0 Å². The van der Waals surface area contributed by atoms with Crippen molar-refractivity contribution in [2.75, 3.05) is 26.2 Å².